The Kier molecular flexibility index (Phi) is 7.76. The van der Waals surface area contributed by atoms with E-state index in [-0.39, 0.29) is 0 Å². The first kappa shape index (κ1) is 17.7. The van der Waals surface area contributed by atoms with Crippen LogP contribution in [0.3, 0.4) is 0 Å². The number of rotatable bonds is 7. The van der Waals surface area contributed by atoms with Crippen LogP contribution in [-0.2, 0) is 0 Å². The van der Waals surface area contributed by atoms with Crippen molar-refractivity contribution in [2.45, 2.75) is 18.3 Å². The van der Waals surface area contributed by atoms with Crippen LogP contribution in [0.15, 0.2) is 10.2 Å². The van der Waals surface area contributed by atoms with Gasteiger partial charge in [-0.1, -0.05) is 0 Å². The van der Waals surface area contributed by atoms with Gasteiger partial charge in [0.1, 0.15) is 24.0 Å². The average Bonchev–Trinajstić information content (AvgIpc) is 2.39. The number of hydrazone groups is 2. The molecule has 0 saturated carbocycles. The summed E-state index contributed by atoms with van der Waals surface area (Å²) in [6, 6.07) is -2.07. The van der Waals surface area contributed by atoms with E-state index in [2.05, 4.69) is 10.2 Å². The minimum atomic E-state index is -1.83. The maximum absolute atomic E-state index is 10.5. The summed E-state index contributed by atoms with van der Waals surface area (Å²) in [4.78, 5) is 20.9. The van der Waals surface area contributed by atoms with Crippen LogP contribution in [0.25, 0.3) is 0 Å². The van der Waals surface area contributed by atoms with Crippen LogP contribution >= 0.6 is 0 Å². The molecule has 114 valence electrons. The molecular formula is C8H16N6O6. The van der Waals surface area contributed by atoms with Gasteiger partial charge >= 0.3 is 12.1 Å². The number of urea groups is 2. The van der Waals surface area contributed by atoms with Crippen molar-refractivity contribution in [1.82, 2.24) is 10.9 Å². The fraction of sp³-hybridized carbons (Fsp3) is 0.500. The zero-order chi connectivity index (χ0) is 15.7. The Morgan fingerprint density at radius 2 is 1.70 bits per heavy atom. The third-order valence-corrected chi connectivity index (χ3v) is 1.87. The quantitative estimate of drug-likeness (QED) is 0.171. The van der Waals surface area contributed by atoms with Gasteiger partial charge in [-0.05, 0) is 0 Å². The van der Waals surface area contributed by atoms with Gasteiger partial charge in [0.2, 0.25) is 0 Å². The van der Waals surface area contributed by atoms with Crippen LogP contribution in [0, 0.1) is 0 Å². The number of hydrogen-bond acceptors (Lipinski definition) is 8. The summed E-state index contributed by atoms with van der Waals surface area (Å²) in [5.74, 6) is 0. The summed E-state index contributed by atoms with van der Waals surface area (Å²) in [7, 11) is 0. The Hall–Kier alpha value is -2.28. The molecule has 0 aromatic rings. The molecule has 3 atom stereocenters. The highest BCUT2D eigenvalue weighted by Crippen LogP contribution is 2.01. The average molecular weight is 292 g/mol. The Bertz CT molecular complexity index is 399. The number of primary amides is 2. The van der Waals surface area contributed by atoms with Crippen LogP contribution < -0.4 is 22.3 Å². The fourth-order valence-electron chi connectivity index (χ4n) is 0.946. The van der Waals surface area contributed by atoms with Crippen LogP contribution in [0.1, 0.15) is 0 Å². The molecule has 10 N–H and O–H groups in total. The van der Waals surface area contributed by atoms with Crippen molar-refractivity contribution in [3.63, 3.8) is 0 Å². The van der Waals surface area contributed by atoms with Gasteiger partial charge in [-0.15, -0.1) is 0 Å². The van der Waals surface area contributed by atoms with Gasteiger partial charge in [0.15, 0.2) is 0 Å². The second kappa shape index (κ2) is 8.76. The highest BCUT2D eigenvalue weighted by atomic mass is 16.4. The van der Waals surface area contributed by atoms with Crippen molar-refractivity contribution < 1.29 is 30.0 Å². The number of aliphatic hydroxyl groups excluding tert-OH is 4. The van der Waals surface area contributed by atoms with E-state index < -0.39 is 42.7 Å². The molecule has 0 radical (unpaired) electrons. The van der Waals surface area contributed by atoms with Gasteiger partial charge in [-0.3, -0.25) is 0 Å². The van der Waals surface area contributed by atoms with E-state index in [0.29, 0.717) is 0 Å². The number of aliphatic hydroxyl groups is 4. The number of nitrogens with zero attached hydrogens (tertiary/aromatic N) is 2. The lowest BCUT2D eigenvalue weighted by Crippen LogP contribution is -2.45. The summed E-state index contributed by atoms with van der Waals surface area (Å²) in [6.07, 6.45) is -4.57. The Morgan fingerprint density at radius 3 is 2.15 bits per heavy atom. The van der Waals surface area contributed by atoms with Crippen molar-refractivity contribution in [2.75, 3.05) is 6.61 Å². The summed E-state index contributed by atoms with van der Waals surface area (Å²) in [5.41, 5.74) is 12.6. The number of nitrogens with two attached hydrogens (primary N) is 2. The highest BCUT2D eigenvalue weighted by molar-refractivity contribution is 6.32. The Labute approximate surface area is 112 Å². The first-order chi connectivity index (χ1) is 9.29. The van der Waals surface area contributed by atoms with Gasteiger partial charge in [-0.25, -0.2) is 20.4 Å². The molecule has 0 saturated heterocycles. The van der Waals surface area contributed by atoms with Crippen LogP contribution in [0.2, 0.25) is 0 Å². The van der Waals surface area contributed by atoms with Crippen molar-refractivity contribution in [3.8, 4) is 0 Å². The molecule has 0 aromatic carbocycles. The maximum Gasteiger partial charge on any atom is 0.332 e. The van der Waals surface area contributed by atoms with E-state index in [0.717, 1.165) is 6.21 Å². The number of nitrogens with one attached hydrogen (secondary N) is 2. The maximum atomic E-state index is 10.5. The monoisotopic (exact) mass is 292 g/mol. The van der Waals surface area contributed by atoms with E-state index in [1.165, 1.54) is 0 Å². The van der Waals surface area contributed by atoms with Gasteiger partial charge in [0.25, 0.3) is 0 Å². The minimum absolute atomic E-state index is 0.461. The van der Waals surface area contributed by atoms with E-state index in [4.69, 9.17) is 16.6 Å². The SMILES string of the molecule is NC(=O)N/N=C/C(=N\NC(N)=O)[C@H](O)[C@H](O)[C@H](O)CO. The third kappa shape index (κ3) is 6.60. The third-order valence-electron chi connectivity index (χ3n) is 1.87. The second-order valence-electron chi connectivity index (χ2n) is 3.43. The van der Waals surface area contributed by atoms with Gasteiger partial charge in [-0.2, -0.15) is 10.2 Å². The molecule has 0 heterocycles. The fourth-order valence-corrected chi connectivity index (χ4v) is 0.946. The summed E-state index contributed by atoms with van der Waals surface area (Å²) >= 11 is 0. The molecule has 12 heteroatoms. The molecule has 0 aliphatic carbocycles. The Morgan fingerprint density at radius 1 is 1.15 bits per heavy atom. The lowest BCUT2D eigenvalue weighted by Gasteiger charge is -2.21. The molecule has 0 spiro atoms. The van der Waals surface area contributed by atoms with E-state index in [9.17, 15) is 24.9 Å². The normalized spacial score (nSPS) is 16.5. The molecule has 0 fully saturated rings. The molecule has 12 nitrogen and oxygen atoms in total. The first-order valence-corrected chi connectivity index (χ1v) is 5.16. The molecule has 0 rings (SSSR count). The van der Waals surface area contributed by atoms with E-state index >= 15 is 0 Å². The predicted molar refractivity (Wildman–Crippen MR) is 66.5 cm³/mol. The zero-order valence-electron chi connectivity index (χ0n) is 10.2. The highest BCUT2D eigenvalue weighted by Gasteiger charge is 2.28. The summed E-state index contributed by atoms with van der Waals surface area (Å²) in [5, 5.41) is 43.5. The van der Waals surface area contributed by atoms with Crippen LogP contribution in [0.4, 0.5) is 9.59 Å². The largest absolute Gasteiger partial charge is 0.394 e. The minimum Gasteiger partial charge on any atom is -0.394 e. The molecule has 0 unspecified atom stereocenters. The van der Waals surface area contributed by atoms with E-state index in [1.54, 1.807) is 10.9 Å². The number of hydrogen-bond donors (Lipinski definition) is 8. The van der Waals surface area contributed by atoms with E-state index in [1.807, 2.05) is 0 Å². The summed E-state index contributed by atoms with van der Waals surface area (Å²) in [6.45, 7) is -0.828. The number of carbonyl (C=O) groups is 2. The van der Waals surface area contributed by atoms with Crippen molar-refractivity contribution in [2.24, 2.45) is 21.7 Å². The van der Waals surface area contributed by atoms with Crippen molar-refractivity contribution in [1.29, 1.82) is 0 Å². The van der Waals surface area contributed by atoms with Gasteiger partial charge in [0, 0.05) is 0 Å². The molecule has 0 bridgehead atoms. The molecule has 0 aliphatic rings. The molecule has 0 aliphatic heterocycles. The first-order valence-electron chi connectivity index (χ1n) is 5.16. The number of carbonyl (C=O) groups excluding carboxylic acids is 2. The number of amides is 4. The molecule has 0 aromatic heterocycles. The van der Waals surface area contributed by atoms with Gasteiger partial charge in [0.05, 0.1) is 12.8 Å². The van der Waals surface area contributed by atoms with Crippen LogP contribution in [-0.4, -0.2) is 69.3 Å². The summed E-state index contributed by atoms with van der Waals surface area (Å²) < 4.78 is 0. The van der Waals surface area contributed by atoms with Crippen molar-refractivity contribution in [3.05, 3.63) is 0 Å². The zero-order valence-corrected chi connectivity index (χ0v) is 10.2. The van der Waals surface area contributed by atoms with Crippen LogP contribution in [0.5, 0.6) is 0 Å². The molecular weight excluding hydrogens is 276 g/mol. The smallest absolute Gasteiger partial charge is 0.332 e. The molecule has 20 heavy (non-hydrogen) atoms. The standard InChI is InChI=1S/C8H16N6O6/c9-7(19)13-11-1-3(12-14-8(10)20)5(17)6(18)4(16)2-15/h1,4-6,15-18H,2H2,(H3,9,13,19)(H3,10,14,20)/b11-1+,12-3+/t4-,5+,6-/m1/s1. The Balaban J connectivity index is 5.00. The predicted octanol–water partition coefficient (Wildman–Crippen LogP) is -4.26. The topological polar surface area (TPSA) is 216 Å². The van der Waals surface area contributed by atoms with Crippen molar-refractivity contribution >= 4 is 24.0 Å². The molecule has 4 amide bonds. The second-order valence-corrected chi connectivity index (χ2v) is 3.43. The lowest BCUT2D eigenvalue weighted by atomic mass is 10.0. The lowest BCUT2D eigenvalue weighted by molar-refractivity contribution is -0.0549. The van der Waals surface area contributed by atoms with Gasteiger partial charge < -0.3 is 31.9 Å².